The lowest BCUT2D eigenvalue weighted by molar-refractivity contribution is -0.383. The normalized spacial score (nSPS) is 11.5. The first kappa shape index (κ1) is 16.4. The van der Waals surface area contributed by atoms with Crippen LogP contribution in [-0.2, 0) is 16.3 Å². The van der Waals surface area contributed by atoms with Crippen LogP contribution in [0.1, 0.15) is 4.88 Å². The number of halogens is 1. The first-order chi connectivity index (χ1) is 9.77. The Morgan fingerprint density at radius 2 is 2.10 bits per heavy atom. The Morgan fingerprint density at radius 3 is 2.62 bits per heavy atom. The molecule has 2 rings (SSSR count). The van der Waals surface area contributed by atoms with Crippen LogP contribution >= 0.6 is 38.6 Å². The van der Waals surface area contributed by atoms with Gasteiger partial charge in [-0.1, -0.05) is 11.3 Å². The molecule has 0 fully saturated rings. The summed E-state index contributed by atoms with van der Waals surface area (Å²) in [6.45, 7) is 0.498. The Morgan fingerprint density at radius 1 is 1.38 bits per heavy atom. The molecule has 0 saturated carbocycles. The fourth-order valence-corrected chi connectivity index (χ4v) is 5.04. The molecule has 0 radical (unpaired) electrons. The van der Waals surface area contributed by atoms with E-state index < -0.39 is 14.8 Å². The summed E-state index contributed by atoms with van der Waals surface area (Å²) >= 11 is 5.85. The molecule has 21 heavy (non-hydrogen) atoms. The minimum absolute atomic E-state index is 0.00410. The summed E-state index contributed by atoms with van der Waals surface area (Å²) in [5, 5.41) is 14.2. The van der Waals surface area contributed by atoms with Crippen molar-refractivity contribution in [3.63, 3.8) is 0 Å². The Hall–Kier alpha value is -0.970. The topological polar surface area (TPSA) is 89.3 Å². The lowest BCUT2D eigenvalue weighted by Gasteiger charge is -2.01. The molecule has 2 heterocycles. The molecule has 0 amide bonds. The Balaban J connectivity index is 2.11. The molecule has 0 aliphatic carbocycles. The first-order valence-corrected chi connectivity index (χ1v) is 10.1. The van der Waals surface area contributed by atoms with Gasteiger partial charge in [0.25, 0.3) is 0 Å². The third-order valence-electron chi connectivity index (χ3n) is 2.54. The molecule has 0 aliphatic heterocycles. The molecular formula is C11H11BrN2O4S3. The molecule has 10 heteroatoms. The molecule has 2 aromatic heterocycles. The lowest BCUT2D eigenvalue weighted by atomic mass is 10.3. The SMILES string of the molecule is CS(=O)(=O)c1cc([N+](=O)[O-])c(NCCc2ccc(Br)s2)s1. The fraction of sp³-hybridized carbons (Fsp3) is 0.273. The quantitative estimate of drug-likeness (QED) is 0.580. The third kappa shape index (κ3) is 4.25. The van der Waals surface area contributed by atoms with E-state index in [0.29, 0.717) is 13.0 Å². The molecule has 0 saturated heterocycles. The summed E-state index contributed by atoms with van der Waals surface area (Å²) in [6, 6.07) is 5.01. The van der Waals surface area contributed by atoms with Gasteiger partial charge in [0.15, 0.2) is 14.8 Å². The van der Waals surface area contributed by atoms with Gasteiger partial charge >= 0.3 is 5.69 Å². The van der Waals surface area contributed by atoms with E-state index in [0.717, 1.165) is 32.3 Å². The van der Waals surface area contributed by atoms with Gasteiger partial charge in [0.05, 0.1) is 8.71 Å². The summed E-state index contributed by atoms with van der Waals surface area (Å²) in [4.78, 5) is 11.5. The van der Waals surface area contributed by atoms with Crippen LogP contribution in [0.3, 0.4) is 0 Å². The van der Waals surface area contributed by atoms with E-state index in [1.807, 2.05) is 12.1 Å². The maximum absolute atomic E-state index is 11.5. The molecule has 0 spiro atoms. The highest BCUT2D eigenvalue weighted by Crippen LogP contribution is 2.37. The van der Waals surface area contributed by atoms with Crippen molar-refractivity contribution in [2.45, 2.75) is 10.6 Å². The van der Waals surface area contributed by atoms with Crippen LogP contribution in [0.2, 0.25) is 0 Å². The molecule has 1 N–H and O–H groups in total. The minimum Gasteiger partial charge on any atom is -0.371 e. The maximum Gasteiger partial charge on any atom is 0.304 e. The molecule has 2 aromatic rings. The summed E-state index contributed by atoms with van der Waals surface area (Å²) in [6.07, 6.45) is 1.75. The average Bonchev–Trinajstić information content (AvgIpc) is 2.95. The summed E-state index contributed by atoms with van der Waals surface area (Å²) in [7, 11) is -3.44. The van der Waals surface area contributed by atoms with Crippen molar-refractivity contribution in [1.29, 1.82) is 0 Å². The van der Waals surface area contributed by atoms with Crippen LogP contribution in [-0.4, -0.2) is 26.1 Å². The first-order valence-electron chi connectivity index (χ1n) is 5.74. The number of nitrogens with zero attached hydrogens (tertiary/aromatic N) is 1. The number of hydrogen-bond acceptors (Lipinski definition) is 7. The standard InChI is InChI=1S/C11H11BrN2O4S3/c1-21(17,18)10-6-8(14(15)16)11(20-10)13-5-4-7-2-3-9(12)19-7/h2-3,6,13H,4-5H2,1H3. The maximum atomic E-state index is 11.5. The van der Waals surface area contributed by atoms with Crippen molar-refractivity contribution < 1.29 is 13.3 Å². The Labute approximate surface area is 138 Å². The van der Waals surface area contributed by atoms with Gasteiger partial charge < -0.3 is 5.32 Å². The smallest absolute Gasteiger partial charge is 0.304 e. The number of hydrogen-bond donors (Lipinski definition) is 1. The second-order valence-electron chi connectivity index (χ2n) is 4.19. The van der Waals surface area contributed by atoms with Crippen LogP contribution in [0.25, 0.3) is 0 Å². The monoisotopic (exact) mass is 410 g/mol. The summed E-state index contributed by atoms with van der Waals surface area (Å²) in [5.41, 5.74) is -0.201. The average molecular weight is 411 g/mol. The van der Waals surface area contributed by atoms with Crippen LogP contribution in [0.15, 0.2) is 26.2 Å². The zero-order valence-electron chi connectivity index (χ0n) is 10.8. The van der Waals surface area contributed by atoms with E-state index in [1.165, 1.54) is 0 Å². The van der Waals surface area contributed by atoms with Gasteiger partial charge in [-0.15, -0.1) is 11.3 Å². The van der Waals surface area contributed by atoms with Crippen molar-refractivity contribution >= 4 is 59.1 Å². The molecule has 0 atom stereocenters. The van der Waals surface area contributed by atoms with E-state index in [-0.39, 0.29) is 14.9 Å². The van der Waals surface area contributed by atoms with Gasteiger partial charge in [-0.05, 0) is 34.5 Å². The molecular weight excluding hydrogens is 400 g/mol. The second-order valence-corrected chi connectivity index (χ2v) is 10.0. The summed E-state index contributed by atoms with van der Waals surface area (Å²) in [5.74, 6) is 0. The second kappa shape index (κ2) is 6.42. The predicted octanol–water partition coefficient (Wildman–Crippen LogP) is 3.54. The highest BCUT2D eigenvalue weighted by molar-refractivity contribution is 9.11. The molecule has 0 aromatic carbocycles. The van der Waals surface area contributed by atoms with Gasteiger partial charge in [-0.25, -0.2) is 8.42 Å². The van der Waals surface area contributed by atoms with E-state index >= 15 is 0 Å². The Bertz CT molecular complexity index is 766. The molecule has 114 valence electrons. The number of thiophene rings is 2. The highest BCUT2D eigenvalue weighted by atomic mass is 79.9. The molecule has 0 aliphatic rings. The molecule has 6 nitrogen and oxygen atoms in total. The van der Waals surface area contributed by atoms with Crippen molar-refractivity contribution in [1.82, 2.24) is 0 Å². The van der Waals surface area contributed by atoms with Crippen LogP contribution in [0.4, 0.5) is 10.7 Å². The van der Waals surface area contributed by atoms with Gasteiger partial charge in [0.2, 0.25) is 0 Å². The third-order valence-corrected chi connectivity index (χ3v) is 7.10. The largest absolute Gasteiger partial charge is 0.371 e. The van der Waals surface area contributed by atoms with Crippen LogP contribution in [0.5, 0.6) is 0 Å². The van der Waals surface area contributed by atoms with Crippen molar-refractivity contribution in [3.8, 4) is 0 Å². The lowest BCUT2D eigenvalue weighted by Crippen LogP contribution is -2.04. The molecule has 0 bridgehead atoms. The van der Waals surface area contributed by atoms with E-state index in [9.17, 15) is 18.5 Å². The predicted molar refractivity (Wildman–Crippen MR) is 88.3 cm³/mol. The number of rotatable bonds is 6. The number of sulfone groups is 1. The van der Waals surface area contributed by atoms with E-state index in [1.54, 1.807) is 11.3 Å². The van der Waals surface area contributed by atoms with E-state index in [4.69, 9.17) is 0 Å². The van der Waals surface area contributed by atoms with Gasteiger partial charge in [-0.2, -0.15) is 0 Å². The fourth-order valence-electron chi connectivity index (χ4n) is 1.59. The minimum atomic E-state index is -3.44. The van der Waals surface area contributed by atoms with Crippen LogP contribution in [0, 0.1) is 10.1 Å². The van der Waals surface area contributed by atoms with Gasteiger partial charge in [0.1, 0.15) is 4.21 Å². The van der Waals surface area contributed by atoms with Gasteiger partial charge in [0, 0.05) is 23.7 Å². The highest BCUT2D eigenvalue weighted by Gasteiger charge is 2.23. The van der Waals surface area contributed by atoms with E-state index in [2.05, 4.69) is 21.2 Å². The van der Waals surface area contributed by atoms with Crippen molar-refractivity contribution in [3.05, 3.63) is 37.0 Å². The summed E-state index contributed by atoms with van der Waals surface area (Å²) < 4.78 is 24.0. The van der Waals surface area contributed by atoms with Crippen LogP contribution < -0.4 is 5.32 Å². The molecule has 0 unspecified atom stereocenters. The van der Waals surface area contributed by atoms with Crippen molar-refractivity contribution in [2.24, 2.45) is 0 Å². The number of anilines is 1. The number of nitrogens with one attached hydrogen (secondary N) is 1. The number of nitro groups is 1. The van der Waals surface area contributed by atoms with Crippen molar-refractivity contribution in [2.75, 3.05) is 18.1 Å². The Kier molecular flexibility index (Phi) is 5.02. The zero-order chi connectivity index (χ0) is 15.6. The zero-order valence-corrected chi connectivity index (χ0v) is 14.9. The van der Waals surface area contributed by atoms with Gasteiger partial charge in [-0.3, -0.25) is 10.1 Å².